The molecule has 116 valence electrons. The molecule has 8 heteroatoms. The first-order valence-electron chi connectivity index (χ1n) is 6.98. The molecule has 2 saturated heterocycles. The van der Waals surface area contributed by atoms with Gasteiger partial charge < -0.3 is 10.6 Å². The highest BCUT2D eigenvalue weighted by Gasteiger charge is 2.30. The van der Waals surface area contributed by atoms with E-state index in [4.69, 9.17) is 5.73 Å². The average Bonchev–Trinajstić information content (AvgIpc) is 2.67. The molecule has 0 aromatic carbocycles. The first kappa shape index (κ1) is 15.7. The fraction of sp³-hybridized carbons (Fsp3) is 0.917. The summed E-state index contributed by atoms with van der Waals surface area (Å²) in [4.78, 5) is 16.0. The number of rotatable bonds is 3. The third kappa shape index (κ3) is 3.69. The summed E-state index contributed by atoms with van der Waals surface area (Å²) in [7, 11) is -3.14. The number of carbonyl (C=O) groups excluding carboxylic acids is 1. The van der Waals surface area contributed by atoms with E-state index in [1.165, 1.54) is 10.6 Å². The lowest BCUT2D eigenvalue weighted by molar-refractivity contribution is -0.133. The van der Waals surface area contributed by atoms with Gasteiger partial charge in [0.15, 0.2) is 0 Å². The Morgan fingerprint density at radius 3 is 2.25 bits per heavy atom. The molecule has 1 amide bonds. The number of likely N-dealkylation sites (tertiary alicyclic amines) is 1. The van der Waals surface area contributed by atoms with Crippen LogP contribution in [0.4, 0.5) is 0 Å². The van der Waals surface area contributed by atoms with Crippen LogP contribution in [0, 0.1) is 5.92 Å². The number of hydrogen-bond donors (Lipinski definition) is 1. The van der Waals surface area contributed by atoms with Gasteiger partial charge in [-0.1, -0.05) is 6.92 Å². The Kier molecular flexibility index (Phi) is 4.68. The monoisotopic (exact) mass is 304 g/mol. The molecule has 7 nitrogen and oxygen atoms in total. The lowest BCUT2D eigenvalue weighted by Crippen LogP contribution is -2.52. The summed E-state index contributed by atoms with van der Waals surface area (Å²) in [6.07, 6.45) is 1.21. The number of nitrogens with two attached hydrogens (primary N) is 1. The normalized spacial score (nSPS) is 29.9. The predicted molar refractivity (Wildman–Crippen MR) is 76.6 cm³/mol. The fourth-order valence-corrected chi connectivity index (χ4v) is 3.61. The van der Waals surface area contributed by atoms with Crippen molar-refractivity contribution in [3.63, 3.8) is 0 Å². The van der Waals surface area contributed by atoms with E-state index in [9.17, 15) is 13.2 Å². The molecule has 2 rings (SSSR count). The molecule has 2 aliphatic rings. The summed E-state index contributed by atoms with van der Waals surface area (Å²) >= 11 is 0. The van der Waals surface area contributed by atoms with Crippen LogP contribution in [0.15, 0.2) is 0 Å². The van der Waals surface area contributed by atoms with E-state index in [0.717, 1.165) is 13.1 Å². The Morgan fingerprint density at radius 2 is 1.80 bits per heavy atom. The highest BCUT2D eigenvalue weighted by Crippen LogP contribution is 2.14. The number of hydrogen-bond acceptors (Lipinski definition) is 5. The summed E-state index contributed by atoms with van der Waals surface area (Å²) in [6.45, 7) is 5.83. The van der Waals surface area contributed by atoms with Crippen LogP contribution in [0.1, 0.15) is 6.92 Å². The van der Waals surface area contributed by atoms with Crippen LogP contribution in [0.25, 0.3) is 0 Å². The van der Waals surface area contributed by atoms with Crippen molar-refractivity contribution in [2.45, 2.75) is 13.0 Å². The third-order valence-electron chi connectivity index (χ3n) is 4.17. The van der Waals surface area contributed by atoms with Crippen LogP contribution < -0.4 is 5.73 Å². The van der Waals surface area contributed by atoms with Gasteiger partial charge in [0.05, 0.1) is 12.8 Å². The highest BCUT2D eigenvalue weighted by molar-refractivity contribution is 7.88. The summed E-state index contributed by atoms with van der Waals surface area (Å²) in [5.41, 5.74) is 5.95. The van der Waals surface area contributed by atoms with Crippen molar-refractivity contribution in [3.05, 3.63) is 0 Å². The summed E-state index contributed by atoms with van der Waals surface area (Å²) in [5, 5.41) is 0. The van der Waals surface area contributed by atoms with Gasteiger partial charge in [0.25, 0.3) is 0 Å². The van der Waals surface area contributed by atoms with E-state index >= 15 is 0 Å². The lowest BCUT2D eigenvalue weighted by Gasteiger charge is -2.34. The summed E-state index contributed by atoms with van der Waals surface area (Å²) in [5.74, 6) is 0.490. The summed E-state index contributed by atoms with van der Waals surface area (Å²) in [6, 6.07) is 0.143. The average molecular weight is 304 g/mol. The predicted octanol–water partition coefficient (Wildman–Crippen LogP) is -1.63. The van der Waals surface area contributed by atoms with E-state index in [-0.39, 0.29) is 11.9 Å². The molecule has 0 radical (unpaired) electrons. The molecular weight excluding hydrogens is 280 g/mol. The molecule has 0 bridgehead atoms. The Labute approximate surface area is 120 Å². The molecule has 2 atom stereocenters. The van der Waals surface area contributed by atoms with Crippen molar-refractivity contribution < 1.29 is 13.2 Å². The van der Waals surface area contributed by atoms with Crippen molar-refractivity contribution in [1.82, 2.24) is 14.1 Å². The van der Waals surface area contributed by atoms with E-state index in [0.29, 0.717) is 38.6 Å². The zero-order valence-electron chi connectivity index (χ0n) is 12.2. The van der Waals surface area contributed by atoms with Crippen molar-refractivity contribution >= 4 is 15.9 Å². The highest BCUT2D eigenvalue weighted by atomic mass is 32.2. The maximum atomic E-state index is 12.2. The van der Waals surface area contributed by atoms with Gasteiger partial charge in [-0.15, -0.1) is 0 Å². The van der Waals surface area contributed by atoms with E-state index < -0.39 is 10.0 Å². The molecule has 2 unspecified atom stereocenters. The van der Waals surface area contributed by atoms with Gasteiger partial charge in [-0.3, -0.25) is 9.69 Å². The second-order valence-corrected chi connectivity index (χ2v) is 7.86. The van der Waals surface area contributed by atoms with Gasteiger partial charge in [0, 0.05) is 45.3 Å². The molecule has 0 aromatic rings. The lowest BCUT2D eigenvalue weighted by atomic mass is 10.1. The number of amides is 1. The topological polar surface area (TPSA) is 87.0 Å². The maximum Gasteiger partial charge on any atom is 0.236 e. The molecule has 0 saturated carbocycles. The van der Waals surface area contributed by atoms with Gasteiger partial charge in [0.2, 0.25) is 15.9 Å². The molecular formula is C12H24N4O3S. The number of carbonyl (C=O) groups is 1. The minimum atomic E-state index is -3.14. The van der Waals surface area contributed by atoms with E-state index in [1.807, 2.05) is 0 Å². The Hall–Kier alpha value is -0.700. The van der Waals surface area contributed by atoms with Gasteiger partial charge in [-0.05, 0) is 5.92 Å². The first-order valence-corrected chi connectivity index (χ1v) is 8.83. The molecule has 0 aliphatic carbocycles. The fourth-order valence-electron chi connectivity index (χ4n) is 2.78. The van der Waals surface area contributed by atoms with Gasteiger partial charge in [0.1, 0.15) is 0 Å². The molecule has 0 spiro atoms. The minimum absolute atomic E-state index is 0.0689. The first-order chi connectivity index (χ1) is 9.27. The van der Waals surface area contributed by atoms with Crippen LogP contribution in [0.5, 0.6) is 0 Å². The minimum Gasteiger partial charge on any atom is -0.339 e. The molecule has 20 heavy (non-hydrogen) atoms. The van der Waals surface area contributed by atoms with Crippen molar-refractivity contribution in [2.75, 3.05) is 52.1 Å². The Bertz CT molecular complexity index is 449. The largest absolute Gasteiger partial charge is 0.339 e. The molecule has 2 heterocycles. The number of piperazine rings is 1. The summed E-state index contributed by atoms with van der Waals surface area (Å²) < 4.78 is 24.2. The van der Waals surface area contributed by atoms with Crippen molar-refractivity contribution in [1.29, 1.82) is 0 Å². The van der Waals surface area contributed by atoms with Crippen molar-refractivity contribution in [2.24, 2.45) is 11.7 Å². The quantitative estimate of drug-likeness (QED) is 0.676. The molecule has 2 fully saturated rings. The van der Waals surface area contributed by atoms with Crippen molar-refractivity contribution in [3.8, 4) is 0 Å². The second-order valence-electron chi connectivity index (χ2n) is 5.88. The number of sulfonamides is 1. The van der Waals surface area contributed by atoms with Crippen LogP contribution in [0.2, 0.25) is 0 Å². The van der Waals surface area contributed by atoms with Crippen LogP contribution in [0.3, 0.4) is 0 Å². The molecule has 0 aromatic heterocycles. The number of nitrogens with zero attached hydrogens (tertiary/aromatic N) is 3. The van der Waals surface area contributed by atoms with Crippen LogP contribution in [-0.2, 0) is 14.8 Å². The van der Waals surface area contributed by atoms with Gasteiger partial charge >= 0.3 is 0 Å². The van der Waals surface area contributed by atoms with Crippen LogP contribution >= 0.6 is 0 Å². The molecule has 2 N–H and O–H groups in total. The smallest absolute Gasteiger partial charge is 0.236 e. The SMILES string of the molecule is CC1CN(CC(=O)N2CCN(S(C)(=O)=O)CC2)CC1N. The second kappa shape index (κ2) is 5.97. The van der Waals surface area contributed by atoms with E-state index in [2.05, 4.69) is 11.8 Å². The van der Waals surface area contributed by atoms with Gasteiger partial charge in [-0.25, -0.2) is 8.42 Å². The maximum absolute atomic E-state index is 12.2. The van der Waals surface area contributed by atoms with Gasteiger partial charge in [-0.2, -0.15) is 4.31 Å². The Morgan fingerprint density at radius 1 is 1.20 bits per heavy atom. The third-order valence-corrected chi connectivity index (χ3v) is 5.47. The van der Waals surface area contributed by atoms with E-state index in [1.54, 1.807) is 4.90 Å². The Balaban J connectivity index is 1.81. The molecule has 2 aliphatic heterocycles. The van der Waals surface area contributed by atoms with Crippen LogP contribution in [-0.4, -0.2) is 86.5 Å². The zero-order chi connectivity index (χ0) is 14.9. The standard InChI is InChI=1S/C12H24N4O3S/c1-10-7-14(8-11(10)13)9-12(17)15-3-5-16(6-4-15)20(2,18)19/h10-11H,3-9,13H2,1-2H3. The zero-order valence-corrected chi connectivity index (χ0v) is 13.0.